The molecule has 0 radical (unpaired) electrons. The Balaban J connectivity index is 2.15. The minimum Gasteiger partial charge on any atom is -0.357 e. The highest BCUT2D eigenvalue weighted by Gasteiger charge is 2.26. The van der Waals surface area contributed by atoms with Crippen molar-refractivity contribution in [1.29, 1.82) is 0 Å². The average Bonchev–Trinajstić information content (AvgIpc) is 3.15. The highest BCUT2D eigenvalue weighted by atomic mass is 15.4. The summed E-state index contributed by atoms with van der Waals surface area (Å²) in [5.41, 5.74) is 2.54. The summed E-state index contributed by atoms with van der Waals surface area (Å²) < 4.78 is 2.06. The number of aryl methyl sites for hydroxylation is 2. The Labute approximate surface area is 117 Å². The van der Waals surface area contributed by atoms with Gasteiger partial charge in [0, 0.05) is 32.2 Å². The quantitative estimate of drug-likeness (QED) is 0.732. The number of nitrogens with one attached hydrogen (secondary N) is 1. The lowest BCUT2D eigenvalue weighted by molar-refractivity contribution is 0.656. The van der Waals surface area contributed by atoms with Crippen LogP contribution in [0.2, 0.25) is 0 Å². The smallest absolute Gasteiger partial charge is 0.131 e. The van der Waals surface area contributed by atoms with Gasteiger partial charge in [-0.3, -0.25) is 4.68 Å². The molecule has 1 N–H and O–H groups in total. The molecule has 4 nitrogen and oxygen atoms in total. The third-order valence-electron chi connectivity index (χ3n) is 3.90. The normalized spacial score (nSPS) is 14.9. The third kappa shape index (κ3) is 3.50. The van der Waals surface area contributed by atoms with Gasteiger partial charge in [0.25, 0.3) is 0 Å². The zero-order chi connectivity index (χ0) is 13.8. The van der Waals surface area contributed by atoms with Gasteiger partial charge in [-0.05, 0) is 45.6 Å². The van der Waals surface area contributed by atoms with Crippen LogP contribution in [0, 0.1) is 12.8 Å². The summed E-state index contributed by atoms with van der Waals surface area (Å²) in [7, 11) is 2.07. The summed E-state index contributed by atoms with van der Waals surface area (Å²) in [6.45, 7) is 10.8. The van der Waals surface area contributed by atoms with E-state index in [1.165, 1.54) is 37.2 Å². The van der Waals surface area contributed by atoms with Crippen LogP contribution in [0.5, 0.6) is 0 Å². The highest BCUT2D eigenvalue weighted by molar-refractivity contribution is 5.50. The van der Waals surface area contributed by atoms with Crippen molar-refractivity contribution in [3.8, 4) is 0 Å². The molecule has 1 saturated carbocycles. The maximum Gasteiger partial charge on any atom is 0.131 e. The fourth-order valence-electron chi connectivity index (χ4n) is 2.66. The third-order valence-corrected chi connectivity index (χ3v) is 3.90. The second-order valence-electron chi connectivity index (χ2n) is 5.67. The summed E-state index contributed by atoms with van der Waals surface area (Å²) in [5, 5.41) is 8.14. The van der Waals surface area contributed by atoms with Crippen molar-refractivity contribution < 1.29 is 0 Å². The van der Waals surface area contributed by atoms with E-state index in [0.717, 1.165) is 31.2 Å². The minimum atomic E-state index is 0.909. The second-order valence-corrected chi connectivity index (χ2v) is 5.67. The largest absolute Gasteiger partial charge is 0.357 e. The Morgan fingerprint density at radius 1 is 1.37 bits per heavy atom. The molecule has 0 aliphatic heterocycles. The molecule has 0 bridgehead atoms. The van der Waals surface area contributed by atoms with Crippen LogP contribution in [-0.4, -0.2) is 29.4 Å². The van der Waals surface area contributed by atoms with Crippen molar-refractivity contribution in [2.24, 2.45) is 13.0 Å². The number of hydrogen-bond acceptors (Lipinski definition) is 3. The van der Waals surface area contributed by atoms with Gasteiger partial charge in [-0.15, -0.1) is 0 Å². The van der Waals surface area contributed by atoms with E-state index < -0.39 is 0 Å². The molecule has 4 heteroatoms. The molecule has 1 aliphatic carbocycles. The summed E-state index contributed by atoms with van der Waals surface area (Å²) in [4.78, 5) is 2.50. The molecule has 108 valence electrons. The first-order valence-corrected chi connectivity index (χ1v) is 7.65. The van der Waals surface area contributed by atoms with Crippen LogP contribution < -0.4 is 10.2 Å². The van der Waals surface area contributed by atoms with Crippen LogP contribution in [0.15, 0.2) is 0 Å². The number of hydrogen-bond donors (Lipinski definition) is 1. The number of nitrogens with zero attached hydrogens (tertiary/aromatic N) is 3. The molecule has 0 aromatic carbocycles. The molecule has 1 fully saturated rings. The number of aromatic nitrogens is 2. The van der Waals surface area contributed by atoms with Gasteiger partial charge in [0.2, 0.25) is 0 Å². The van der Waals surface area contributed by atoms with Crippen LogP contribution in [0.4, 0.5) is 5.82 Å². The maximum atomic E-state index is 4.62. The first-order chi connectivity index (χ1) is 9.17. The number of rotatable bonds is 8. The van der Waals surface area contributed by atoms with Crippen molar-refractivity contribution >= 4 is 5.82 Å². The molecule has 0 spiro atoms. The van der Waals surface area contributed by atoms with Gasteiger partial charge in [0.15, 0.2) is 0 Å². The van der Waals surface area contributed by atoms with Crippen LogP contribution in [0.3, 0.4) is 0 Å². The van der Waals surface area contributed by atoms with Gasteiger partial charge >= 0.3 is 0 Å². The zero-order valence-electron chi connectivity index (χ0n) is 12.9. The first kappa shape index (κ1) is 14.4. The molecular weight excluding hydrogens is 236 g/mol. The van der Waals surface area contributed by atoms with E-state index in [-0.39, 0.29) is 0 Å². The summed E-state index contributed by atoms with van der Waals surface area (Å²) in [5.74, 6) is 2.22. The molecule has 19 heavy (non-hydrogen) atoms. The van der Waals surface area contributed by atoms with E-state index in [1.807, 2.05) is 0 Å². The summed E-state index contributed by atoms with van der Waals surface area (Å²) in [6, 6.07) is 0. The van der Waals surface area contributed by atoms with Gasteiger partial charge in [-0.25, -0.2) is 0 Å². The Hall–Kier alpha value is -1.03. The molecular formula is C15H28N4. The fraction of sp³-hybridized carbons (Fsp3) is 0.800. The molecule has 1 heterocycles. The molecule has 2 rings (SSSR count). The Kier molecular flexibility index (Phi) is 4.86. The Morgan fingerprint density at radius 2 is 2.11 bits per heavy atom. The topological polar surface area (TPSA) is 33.1 Å². The SMILES string of the molecule is CCCNCc1c(C)nn(C)c1N(CC)CC1CC1. The van der Waals surface area contributed by atoms with Crippen LogP contribution in [0.25, 0.3) is 0 Å². The van der Waals surface area contributed by atoms with Crippen LogP contribution in [-0.2, 0) is 13.6 Å². The molecule has 0 atom stereocenters. The molecule has 0 amide bonds. The molecule has 0 saturated heterocycles. The van der Waals surface area contributed by atoms with Crippen molar-refractivity contribution in [2.45, 2.75) is 46.6 Å². The predicted molar refractivity (Wildman–Crippen MR) is 80.6 cm³/mol. The van der Waals surface area contributed by atoms with Gasteiger partial charge in [0.1, 0.15) is 5.82 Å². The molecule has 1 aliphatic rings. The first-order valence-electron chi connectivity index (χ1n) is 7.65. The van der Waals surface area contributed by atoms with Crippen LogP contribution in [0.1, 0.15) is 44.4 Å². The molecule has 0 unspecified atom stereocenters. The van der Waals surface area contributed by atoms with Gasteiger partial charge < -0.3 is 10.2 Å². The van der Waals surface area contributed by atoms with E-state index in [2.05, 4.69) is 47.8 Å². The standard InChI is InChI=1S/C15H28N4/c1-5-9-16-10-14-12(3)17-18(4)15(14)19(6-2)11-13-7-8-13/h13,16H,5-11H2,1-4H3. The van der Waals surface area contributed by atoms with E-state index in [0.29, 0.717) is 0 Å². The maximum absolute atomic E-state index is 4.62. The van der Waals surface area contributed by atoms with Gasteiger partial charge in [-0.1, -0.05) is 6.92 Å². The second kappa shape index (κ2) is 6.42. The predicted octanol–water partition coefficient (Wildman–Crippen LogP) is 2.46. The Morgan fingerprint density at radius 3 is 2.68 bits per heavy atom. The lowest BCUT2D eigenvalue weighted by Crippen LogP contribution is -2.29. The summed E-state index contributed by atoms with van der Waals surface area (Å²) >= 11 is 0. The summed E-state index contributed by atoms with van der Waals surface area (Å²) in [6.07, 6.45) is 3.97. The average molecular weight is 264 g/mol. The van der Waals surface area contributed by atoms with Crippen molar-refractivity contribution in [1.82, 2.24) is 15.1 Å². The van der Waals surface area contributed by atoms with Crippen molar-refractivity contribution in [3.63, 3.8) is 0 Å². The lowest BCUT2D eigenvalue weighted by Gasteiger charge is -2.24. The van der Waals surface area contributed by atoms with Gasteiger partial charge in [0.05, 0.1) is 5.69 Å². The van der Waals surface area contributed by atoms with Crippen LogP contribution >= 0.6 is 0 Å². The fourth-order valence-corrected chi connectivity index (χ4v) is 2.66. The van der Waals surface area contributed by atoms with Crippen molar-refractivity contribution in [3.05, 3.63) is 11.3 Å². The van der Waals surface area contributed by atoms with E-state index in [9.17, 15) is 0 Å². The Bertz CT molecular complexity index is 407. The van der Waals surface area contributed by atoms with Crippen molar-refractivity contribution in [2.75, 3.05) is 24.5 Å². The molecule has 1 aromatic heterocycles. The van der Waals surface area contributed by atoms with E-state index >= 15 is 0 Å². The molecule has 1 aromatic rings. The van der Waals surface area contributed by atoms with Gasteiger partial charge in [-0.2, -0.15) is 5.10 Å². The number of anilines is 1. The zero-order valence-corrected chi connectivity index (χ0v) is 12.9. The van der Waals surface area contributed by atoms with E-state index in [1.54, 1.807) is 0 Å². The monoisotopic (exact) mass is 264 g/mol. The highest BCUT2D eigenvalue weighted by Crippen LogP contribution is 2.32. The minimum absolute atomic E-state index is 0.909. The van der Waals surface area contributed by atoms with E-state index in [4.69, 9.17) is 0 Å². The lowest BCUT2D eigenvalue weighted by atomic mass is 10.2.